The summed E-state index contributed by atoms with van der Waals surface area (Å²) in [6.07, 6.45) is 43.5. The van der Waals surface area contributed by atoms with E-state index in [1.165, 1.54) is 96.3 Å². The number of carboxylic acid groups (broad SMARTS) is 1. The Morgan fingerprint density at radius 2 is 0.947 bits per heavy atom. The van der Waals surface area contributed by atoms with Gasteiger partial charge in [-0.15, -0.1) is 0 Å². The van der Waals surface area contributed by atoms with Gasteiger partial charge >= 0.3 is 25.7 Å². The molecule has 0 aromatic heterocycles. The van der Waals surface area contributed by atoms with Crippen LogP contribution in [-0.2, 0) is 37.5 Å². The normalized spacial score (nSPS) is 14.0. The van der Waals surface area contributed by atoms with Crippen LogP contribution < -0.4 is 5.73 Å². The van der Waals surface area contributed by atoms with E-state index in [0.717, 1.165) is 64.2 Å². The van der Waals surface area contributed by atoms with Crippen LogP contribution in [0.4, 0.5) is 0 Å². The highest BCUT2D eigenvalue weighted by Gasteiger charge is 2.28. The van der Waals surface area contributed by atoms with Crippen molar-refractivity contribution < 1.29 is 47.5 Å². The highest BCUT2D eigenvalue weighted by Crippen LogP contribution is 2.43. The summed E-state index contributed by atoms with van der Waals surface area (Å²) < 4.78 is 32.7. The van der Waals surface area contributed by atoms with Crippen molar-refractivity contribution >= 4 is 25.7 Å². The second kappa shape index (κ2) is 40.5. The number of phosphoric ester groups is 1. The molecule has 3 atom stereocenters. The molecule has 0 bridgehead atoms. The minimum Gasteiger partial charge on any atom is -0.480 e. The number of esters is 2. The molecule has 1 unspecified atom stereocenters. The van der Waals surface area contributed by atoms with Gasteiger partial charge in [-0.05, 0) is 64.2 Å². The molecule has 0 aliphatic heterocycles. The Morgan fingerprint density at radius 3 is 1.44 bits per heavy atom. The fraction of sp³-hybridized carbons (Fsp3) is 0.800. The van der Waals surface area contributed by atoms with Crippen LogP contribution in [0.1, 0.15) is 200 Å². The predicted octanol–water partition coefficient (Wildman–Crippen LogP) is 12.0. The molecule has 0 aliphatic rings. The molecule has 0 radical (unpaired) electrons. The van der Waals surface area contributed by atoms with Crippen molar-refractivity contribution in [1.29, 1.82) is 0 Å². The highest BCUT2D eigenvalue weighted by atomic mass is 31.2. The number of aliphatic carboxylic acids is 1. The van der Waals surface area contributed by atoms with Gasteiger partial charge in [0.2, 0.25) is 0 Å². The van der Waals surface area contributed by atoms with Crippen LogP contribution in [0.2, 0.25) is 0 Å². The molecule has 0 rings (SSSR count). The van der Waals surface area contributed by atoms with Gasteiger partial charge < -0.3 is 25.2 Å². The molecule has 0 spiro atoms. The lowest BCUT2D eigenvalue weighted by molar-refractivity contribution is -0.161. The average Bonchev–Trinajstić information content (AvgIpc) is 3.19. The Bertz CT molecular complexity index is 1110. The van der Waals surface area contributed by atoms with Crippen molar-refractivity contribution in [2.45, 2.75) is 212 Å². The minimum absolute atomic E-state index is 0.145. The molecule has 4 N–H and O–H groups in total. The number of nitrogens with two attached hydrogens (primary N) is 1. The molecular weight excluding hydrogens is 745 g/mol. The zero-order chi connectivity index (χ0) is 42.1. The van der Waals surface area contributed by atoms with Crippen LogP contribution in [0.3, 0.4) is 0 Å². The topological polar surface area (TPSA) is 172 Å². The molecular formula is C45H82NO10P. The van der Waals surface area contributed by atoms with Gasteiger partial charge in [0.15, 0.2) is 6.10 Å². The summed E-state index contributed by atoms with van der Waals surface area (Å²) >= 11 is 0. The quantitative estimate of drug-likeness (QED) is 0.0231. The van der Waals surface area contributed by atoms with Gasteiger partial charge in [0, 0.05) is 12.8 Å². The SMILES string of the molecule is CCCC/C=C/C/C=C/CCCCCCCC(=O)O[C@@H](COC(=O)CCCCCCCCCCC/C=C/CCCCCCCC)COP(=O)(O)OC[C@@H](N)C(=O)O. The van der Waals surface area contributed by atoms with Crippen molar-refractivity contribution in [2.75, 3.05) is 19.8 Å². The molecule has 0 heterocycles. The Labute approximate surface area is 346 Å². The molecule has 11 nitrogen and oxygen atoms in total. The summed E-state index contributed by atoms with van der Waals surface area (Å²) in [5.74, 6) is -2.40. The maximum Gasteiger partial charge on any atom is 0.472 e. The van der Waals surface area contributed by atoms with Crippen molar-refractivity contribution in [3.05, 3.63) is 36.5 Å². The zero-order valence-corrected chi connectivity index (χ0v) is 36.8. The summed E-state index contributed by atoms with van der Waals surface area (Å²) in [6, 6.07) is -1.52. The molecule has 0 saturated heterocycles. The van der Waals surface area contributed by atoms with Crippen molar-refractivity contribution in [1.82, 2.24) is 0 Å². The summed E-state index contributed by atoms with van der Waals surface area (Å²) in [6.45, 7) is 2.75. The first-order chi connectivity index (χ1) is 27.6. The van der Waals surface area contributed by atoms with E-state index >= 15 is 0 Å². The third-order valence-corrected chi connectivity index (χ3v) is 10.6. The number of phosphoric acid groups is 1. The van der Waals surface area contributed by atoms with Gasteiger partial charge in [0.25, 0.3) is 0 Å². The van der Waals surface area contributed by atoms with E-state index in [0.29, 0.717) is 12.8 Å². The third kappa shape index (κ3) is 40.3. The van der Waals surface area contributed by atoms with Crippen LogP contribution >= 0.6 is 7.82 Å². The largest absolute Gasteiger partial charge is 0.480 e. The second-order valence-electron chi connectivity index (χ2n) is 15.2. The van der Waals surface area contributed by atoms with E-state index in [4.69, 9.17) is 24.8 Å². The Balaban J connectivity index is 4.32. The molecule has 12 heteroatoms. The van der Waals surface area contributed by atoms with E-state index in [-0.39, 0.29) is 19.4 Å². The van der Waals surface area contributed by atoms with Gasteiger partial charge in [-0.25, -0.2) is 4.57 Å². The molecule has 0 fully saturated rings. The number of carboxylic acids is 1. The average molecular weight is 828 g/mol. The van der Waals surface area contributed by atoms with E-state index in [1.807, 2.05) is 0 Å². The Hall–Kier alpha value is -2.30. The van der Waals surface area contributed by atoms with Crippen LogP contribution in [0, 0.1) is 0 Å². The number of carbonyl (C=O) groups is 3. The lowest BCUT2D eigenvalue weighted by Crippen LogP contribution is -2.34. The molecule has 0 aromatic rings. The van der Waals surface area contributed by atoms with E-state index in [2.05, 4.69) is 54.8 Å². The van der Waals surface area contributed by atoms with Crippen molar-refractivity contribution in [3.8, 4) is 0 Å². The maximum atomic E-state index is 12.6. The van der Waals surface area contributed by atoms with Gasteiger partial charge in [0.1, 0.15) is 12.6 Å². The van der Waals surface area contributed by atoms with E-state index < -0.39 is 51.1 Å². The number of carbonyl (C=O) groups excluding carboxylic acids is 2. The second-order valence-corrected chi connectivity index (χ2v) is 16.6. The van der Waals surface area contributed by atoms with Gasteiger partial charge in [-0.1, -0.05) is 159 Å². The minimum atomic E-state index is -4.72. The summed E-state index contributed by atoms with van der Waals surface area (Å²) in [4.78, 5) is 46.0. The Morgan fingerprint density at radius 1 is 0.544 bits per heavy atom. The first kappa shape index (κ1) is 54.7. The fourth-order valence-corrected chi connectivity index (χ4v) is 6.80. The van der Waals surface area contributed by atoms with Crippen LogP contribution in [-0.4, -0.2) is 59.9 Å². The first-order valence-electron chi connectivity index (χ1n) is 22.5. The van der Waals surface area contributed by atoms with Crippen molar-refractivity contribution in [3.63, 3.8) is 0 Å². The van der Waals surface area contributed by atoms with E-state index in [9.17, 15) is 23.8 Å². The third-order valence-electron chi connectivity index (χ3n) is 9.61. The van der Waals surface area contributed by atoms with Crippen LogP contribution in [0.5, 0.6) is 0 Å². The van der Waals surface area contributed by atoms with E-state index in [1.54, 1.807) is 0 Å². The molecule has 0 aliphatic carbocycles. The van der Waals surface area contributed by atoms with Crippen LogP contribution in [0.25, 0.3) is 0 Å². The fourth-order valence-electron chi connectivity index (χ4n) is 6.02. The number of allylic oxidation sites excluding steroid dienone is 6. The summed E-state index contributed by atoms with van der Waals surface area (Å²) in [7, 11) is -4.72. The standard InChI is InChI=1S/C45H82NO10P/c1-3-5-7-9-11-13-15-17-19-20-21-22-23-25-26-28-30-32-34-36-43(47)53-38-41(39-54-57(51,52)55-40-42(46)45(49)50)56-44(48)37-35-33-31-29-27-24-18-16-14-12-10-8-6-4-2/h10,12,16-19,41-42H,3-9,11,13-15,20-40,46H2,1-2H3,(H,49,50)(H,51,52)/b12-10+,18-16+,19-17+/t41-,42+/m0/s1. The number of hydrogen-bond donors (Lipinski definition) is 3. The predicted molar refractivity (Wildman–Crippen MR) is 231 cm³/mol. The number of unbranched alkanes of at least 4 members (excludes halogenated alkanes) is 22. The lowest BCUT2D eigenvalue weighted by Gasteiger charge is -2.20. The van der Waals surface area contributed by atoms with Crippen molar-refractivity contribution in [2.24, 2.45) is 5.73 Å². The molecule has 57 heavy (non-hydrogen) atoms. The van der Waals surface area contributed by atoms with Crippen LogP contribution in [0.15, 0.2) is 36.5 Å². The number of ether oxygens (including phenoxy) is 2. The Kier molecular flexibility index (Phi) is 38.8. The summed E-state index contributed by atoms with van der Waals surface area (Å²) in [5, 5.41) is 8.89. The highest BCUT2D eigenvalue weighted by molar-refractivity contribution is 7.47. The lowest BCUT2D eigenvalue weighted by atomic mass is 10.1. The molecule has 0 amide bonds. The zero-order valence-electron chi connectivity index (χ0n) is 35.9. The maximum absolute atomic E-state index is 12.6. The first-order valence-corrected chi connectivity index (χ1v) is 24.0. The smallest absolute Gasteiger partial charge is 0.472 e. The number of hydrogen-bond acceptors (Lipinski definition) is 9. The molecule has 332 valence electrons. The van der Waals surface area contributed by atoms with Gasteiger partial charge in [0.05, 0.1) is 13.2 Å². The molecule has 0 aromatic carbocycles. The monoisotopic (exact) mass is 828 g/mol. The van der Waals surface area contributed by atoms with Gasteiger partial charge in [-0.3, -0.25) is 23.4 Å². The molecule has 0 saturated carbocycles. The summed E-state index contributed by atoms with van der Waals surface area (Å²) in [5.41, 5.74) is 5.33. The van der Waals surface area contributed by atoms with Gasteiger partial charge in [-0.2, -0.15) is 0 Å². The number of rotatable bonds is 42.